The molecule has 0 radical (unpaired) electrons. The zero-order valence-electron chi connectivity index (χ0n) is 6.89. The molecule has 1 atom stereocenters. The number of ether oxygens (including phenoxy) is 1. The van der Waals surface area contributed by atoms with Crippen LogP contribution in [0, 0.1) is 0 Å². The van der Waals surface area contributed by atoms with Gasteiger partial charge in [0.2, 0.25) is 4.34 Å². The molecule has 13 heavy (non-hydrogen) atoms. The van der Waals surface area contributed by atoms with Crippen molar-refractivity contribution in [1.29, 1.82) is 0 Å². The van der Waals surface area contributed by atoms with Crippen molar-refractivity contribution in [3.8, 4) is 0 Å². The molecule has 0 aliphatic carbocycles. The first-order valence-corrected chi connectivity index (χ1v) is 6.34. The molecule has 1 aromatic heterocycles. The minimum atomic E-state index is -3.76. The van der Waals surface area contributed by atoms with Gasteiger partial charge in [-0.3, -0.25) is 0 Å². The van der Waals surface area contributed by atoms with Crippen molar-refractivity contribution in [2.45, 2.75) is 17.4 Å². The monoisotopic (exact) mass is 242 g/mol. The standard InChI is InChI=1S/C5H7ClN2O3S2/c1-3(11-2)4-7-5(12-8-4)13(6,9)10/h3H,1-2H3. The minimum absolute atomic E-state index is 0.201. The lowest BCUT2D eigenvalue weighted by molar-refractivity contribution is 0.113. The fourth-order valence-corrected chi connectivity index (χ4v) is 2.11. The van der Waals surface area contributed by atoms with E-state index in [1.165, 1.54) is 7.11 Å². The van der Waals surface area contributed by atoms with Gasteiger partial charge in [-0.25, -0.2) is 13.4 Å². The van der Waals surface area contributed by atoms with Crippen molar-refractivity contribution in [2.75, 3.05) is 7.11 Å². The summed E-state index contributed by atoms with van der Waals surface area (Å²) in [7, 11) is 2.78. The molecule has 0 bridgehead atoms. The molecule has 0 saturated carbocycles. The number of hydrogen-bond donors (Lipinski definition) is 0. The average Bonchev–Trinajstić information content (AvgIpc) is 2.50. The van der Waals surface area contributed by atoms with Gasteiger partial charge in [0.15, 0.2) is 5.82 Å². The van der Waals surface area contributed by atoms with E-state index >= 15 is 0 Å². The van der Waals surface area contributed by atoms with Gasteiger partial charge in [0, 0.05) is 17.8 Å². The number of methoxy groups -OCH3 is 1. The highest BCUT2D eigenvalue weighted by Gasteiger charge is 2.19. The molecule has 1 heterocycles. The summed E-state index contributed by atoms with van der Waals surface area (Å²) >= 11 is 0.739. The smallest absolute Gasteiger partial charge is 0.289 e. The van der Waals surface area contributed by atoms with Gasteiger partial charge in [-0.2, -0.15) is 4.37 Å². The maximum atomic E-state index is 10.8. The molecule has 1 rings (SSSR count). The van der Waals surface area contributed by atoms with Gasteiger partial charge < -0.3 is 4.74 Å². The predicted octanol–water partition coefficient (Wildman–Crippen LogP) is 1.17. The van der Waals surface area contributed by atoms with Crippen LogP contribution in [0.1, 0.15) is 18.9 Å². The molecule has 0 aromatic carbocycles. The number of rotatable bonds is 3. The van der Waals surface area contributed by atoms with Crippen LogP contribution in [0.3, 0.4) is 0 Å². The second kappa shape index (κ2) is 3.87. The van der Waals surface area contributed by atoms with Gasteiger partial charge in [0.1, 0.15) is 6.10 Å². The molecule has 1 aromatic rings. The van der Waals surface area contributed by atoms with Crippen molar-refractivity contribution in [3.05, 3.63) is 5.82 Å². The van der Waals surface area contributed by atoms with Crippen molar-refractivity contribution in [2.24, 2.45) is 0 Å². The van der Waals surface area contributed by atoms with E-state index in [4.69, 9.17) is 15.4 Å². The number of halogens is 1. The van der Waals surface area contributed by atoms with E-state index in [1.54, 1.807) is 6.92 Å². The second-order valence-corrected chi connectivity index (χ2v) is 5.73. The quantitative estimate of drug-likeness (QED) is 0.745. The summed E-state index contributed by atoms with van der Waals surface area (Å²) in [5, 5.41) is 0. The van der Waals surface area contributed by atoms with Crippen LogP contribution in [0.15, 0.2) is 4.34 Å². The number of hydrogen-bond acceptors (Lipinski definition) is 6. The zero-order chi connectivity index (χ0) is 10.1. The molecule has 0 fully saturated rings. The van der Waals surface area contributed by atoms with E-state index in [-0.39, 0.29) is 10.4 Å². The van der Waals surface area contributed by atoms with Gasteiger partial charge in [0.25, 0.3) is 9.05 Å². The Morgan fingerprint density at radius 1 is 1.62 bits per heavy atom. The minimum Gasteiger partial charge on any atom is -0.374 e. The SMILES string of the molecule is COC(C)c1nsc(S(=O)(=O)Cl)n1. The molecule has 1 unspecified atom stereocenters. The Morgan fingerprint density at radius 3 is 2.62 bits per heavy atom. The Kier molecular flexibility index (Phi) is 3.23. The Hall–Kier alpha value is -0.240. The van der Waals surface area contributed by atoms with Crippen LogP contribution < -0.4 is 0 Å². The number of nitrogens with zero attached hydrogens (tertiary/aromatic N) is 2. The molecule has 8 heteroatoms. The summed E-state index contributed by atoms with van der Waals surface area (Å²) in [6, 6.07) is 0. The predicted molar refractivity (Wildman–Crippen MR) is 48.4 cm³/mol. The molecule has 0 amide bonds. The van der Waals surface area contributed by atoms with Gasteiger partial charge in [0.05, 0.1) is 0 Å². The molecule has 5 nitrogen and oxygen atoms in total. The van der Waals surface area contributed by atoms with Crippen LogP contribution in [0.5, 0.6) is 0 Å². The fourth-order valence-electron chi connectivity index (χ4n) is 0.590. The molecule has 0 aliphatic rings. The second-order valence-electron chi connectivity index (χ2n) is 2.23. The Morgan fingerprint density at radius 2 is 2.23 bits per heavy atom. The lowest BCUT2D eigenvalue weighted by Gasteiger charge is -2.01. The van der Waals surface area contributed by atoms with Gasteiger partial charge in [-0.05, 0) is 18.5 Å². The first-order chi connectivity index (χ1) is 5.95. The zero-order valence-corrected chi connectivity index (χ0v) is 9.28. The van der Waals surface area contributed by atoms with Gasteiger partial charge >= 0.3 is 0 Å². The maximum Gasteiger partial charge on any atom is 0.289 e. The first-order valence-electron chi connectivity index (χ1n) is 3.26. The van der Waals surface area contributed by atoms with E-state index in [1.807, 2.05) is 0 Å². The molecular weight excluding hydrogens is 236 g/mol. The molecule has 0 spiro atoms. The highest BCUT2D eigenvalue weighted by atomic mass is 35.7. The first kappa shape index (κ1) is 10.8. The lowest BCUT2D eigenvalue weighted by atomic mass is 10.4. The fraction of sp³-hybridized carbons (Fsp3) is 0.600. The lowest BCUT2D eigenvalue weighted by Crippen LogP contribution is -1.98. The molecular formula is C5H7ClN2O3S2. The van der Waals surface area contributed by atoms with Crippen molar-refractivity contribution in [3.63, 3.8) is 0 Å². The molecule has 0 saturated heterocycles. The van der Waals surface area contributed by atoms with Crippen LogP contribution in [0.2, 0.25) is 0 Å². The highest BCUT2D eigenvalue weighted by Crippen LogP contribution is 2.20. The van der Waals surface area contributed by atoms with Gasteiger partial charge in [-0.1, -0.05) is 0 Å². The van der Waals surface area contributed by atoms with Crippen LogP contribution in [-0.4, -0.2) is 24.9 Å². The van der Waals surface area contributed by atoms with Crippen LogP contribution >= 0.6 is 22.2 Å². The van der Waals surface area contributed by atoms with E-state index < -0.39 is 9.05 Å². The normalized spacial score (nSPS) is 14.4. The Labute approximate surface area is 84.3 Å². The summed E-state index contributed by atoms with van der Waals surface area (Å²) in [6.07, 6.45) is -0.330. The Bertz CT molecular complexity index is 388. The van der Waals surface area contributed by atoms with Crippen LogP contribution in [0.4, 0.5) is 0 Å². The summed E-state index contributed by atoms with van der Waals surface area (Å²) in [5.74, 6) is 0.326. The summed E-state index contributed by atoms with van der Waals surface area (Å²) in [5.41, 5.74) is 0. The van der Waals surface area contributed by atoms with Crippen molar-refractivity contribution < 1.29 is 13.2 Å². The molecule has 74 valence electrons. The van der Waals surface area contributed by atoms with Gasteiger partial charge in [-0.15, -0.1) is 0 Å². The number of aromatic nitrogens is 2. The van der Waals surface area contributed by atoms with E-state index in [0.29, 0.717) is 5.82 Å². The summed E-state index contributed by atoms with van der Waals surface area (Å²) < 4.78 is 30.1. The highest BCUT2D eigenvalue weighted by molar-refractivity contribution is 8.14. The largest absolute Gasteiger partial charge is 0.374 e. The third kappa shape index (κ3) is 2.60. The molecule has 0 aliphatic heterocycles. The summed E-state index contributed by atoms with van der Waals surface area (Å²) in [6.45, 7) is 1.71. The molecule has 0 N–H and O–H groups in total. The van der Waals surface area contributed by atoms with Crippen molar-refractivity contribution >= 4 is 31.3 Å². The van der Waals surface area contributed by atoms with E-state index in [9.17, 15) is 8.42 Å². The van der Waals surface area contributed by atoms with Crippen molar-refractivity contribution in [1.82, 2.24) is 9.36 Å². The topological polar surface area (TPSA) is 69.2 Å². The van der Waals surface area contributed by atoms with E-state index in [0.717, 1.165) is 11.5 Å². The maximum absolute atomic E-state index is 10.8. The van der Waals surface area contributed by atoms with Crippen LogP contribution in [0.25, 0.3) is 0 Å². The van der Waals surface area contributed by atoms with Crippen LogP contribution in [-0.2, 0) is 13.8 Å². The van der Waals surface area contributed by atoms with E-state index in [2.05, 4.69) is 9.36 Å². The third-order valence-electron chi connectivity index (χ3n) is 1.35. The third-order valence-corrected chi connectivity index (χ3v) is 3.98. The average molecular weight is 243 g/mol. The Balaban J connectivity index is 3.00. The summed E-state index contributed by atoms with van der Waals surface area (Å²) in [4.78, 5) is 3.71.